The summed E-state index contributed by atoms with van der Waals surface area (Å²) in [4.78, 5) is 25.0. The number of aliphatic hydroxyl groups is 1. The smallest absolute Gasteiger partial charge is 0.268 e. The number of phosphoric acid groups is 1. The fourth-order valence-corrected chi connectivity index (χ4v) is 5.12. The van der Waals surface area contributed by atoms with Crippen molar-refractivity contribution in [2.45, 2.75) is 129 Å². The standard InChI is InChI=1S/C37H67N2O6P/c1-6-8-10-12-14-16-18-19-21-23-25-27-29-31-37(41)38-35(34-45-46(42,43)44-33-32-39(3,4)5)36(40)30-28-26-24-22-20-17-15-13-11-9-7-2/h8,10,14,16,19,21,25,27-28,30,35-36,40H,6-7,9,11-13,15,17-18,20,22-24,26,29,31-34H2,1-5H3,(H-,38,41,42,43)/b10-8-,16-14-,21-19-,27-25-,30-28+. The molecule has 0 aromatic rings. The van der Waals surface area contributed by atoms with Crippen LogP contribution >= 0.6 is 7.82 Å². The van der Waals surface area contributed by atoms with Gasteiger partial charge in [0.25, 0.3) is 7.82 Å². The second-order valence-electron chi connectivity index (χ2n) is 12.8. The van der Waals surface area contributed by atoms with Gasteiger partial charge in [-0.25, -0.2) is 0 Å². The first-order valence-corrected chi connectivity index (χ1v) is 19.1. The van der Waals surface area contributed by atoms with Gasteiger partial charge in [-0.15, -0.1) is 0 Å². The van der Waals surface area contributed by atoms with E-state index in [0.29, 0.717) is 17.4 Å². The molecule has 0 aliphatic heterocycles. The summed E-state index contributed by atoms with van der Waals surface area (Å²) in [7, 11) is 1.20. The summed E-state index contributed by atoms with van der Waals surface area (Å²) < 4.78 is 23.0. The Kier molecular flexibility index (Phi) is 28.2. The third-order valence-electron chi connectivity index (χ3n) is 7.25. The van der Waals surface area contributed by atoms with Crippen molar-refractivity contribution in [2.24, 2.45) is 0 Å². The van der Waals surface area contributed by atoms with Crippen LogP contribution in [0, 0.1) is 0 Å². The summed E-state index contributed by atoms with van der Waals surface area (Å²) in [6.07, 6.45) is 35.7. The molecular formula is C37H67N2O6P. The Balaban J connectivity index is 4.74. The van der Waals surface area contributed by atoms with Crippen molar-refractivity contribution in [3.8, 4) is 0 Å². The van der Waals surface area contributed by atoms with E-state index in [0.717, 1.165) is 44.9 Å². The number of hydrogen-bond acceptors (Lipinski definition) is 6. The van der Waals surface area contributed by atoms with E-state index < -0.39 is 26.6 Å². The van der Waals surface area contributed by atoms with Crippen LogP contribution in [0.3, 0.4) is 0 Å². The number of carbonyl (C=O) groups excluding carboxylic acids is 1. The van der Waals surface area contributed by atoms with E-state index >= 15 is 0 Å². The lowest BCUT2D eigenvalue weighted by Gasteiger charge is -2.29. The molecule has 0 aromatic carbocycles. The molecule has 0 bridgehead atoms. The lowest BCUT2D eigenvalue weighted by molar-refractivity contribution is -0.870. The largest absolute Gasteiger partial charge is 0.756 e. The highest BCUT2D eigenvalue weighted by molar-refractivity contribution is 7.45. The fraction of sp³-hybridized carbons (Fsp3) is 0.703. The van der Waals surface area contributed by atoms with Gasteiger partial charge in [0.15, 0.2) is 0 Å². The minimum Gasteiger partial charge on any atom is -0.756 e. The van der Waals surface area contributed by atoms with Crippen LogP contribution < -0.4 is 10.2 Å². The molecule has 0 fully saturated rings. The molecule has 3 unspecified atom stereocenters. The van der Waals surface area contributed by atoms with Gasteiger partial charge < -0.3 is 28.8 Å². The monoisotopic (exact) mass is 666 g/mol. The molecule has 46 heavy (non-hydrogen) atoms. The number of nitrogens with zero attached hydrogens (tertiary/aromatic N) is 1. The summed E-state index contributed by atoms with van der Waals surface area (Å²) in [5.41, 5.74) is 0. The maximum absolute atomic E-state index is 12.7. The lowest BCUT2D eigenvalue weighted by atomic mass is 10.1. The molecule has 0 aliphatic carbocycles. The van der Waals surface area contributed by atoms with Crippen molar-refractivity contribution in [1.82, 2.24) is 5.32 Å². The van der Waals surface area contributed by atoms with Crippen LogP contribution in [0.15, 0.2) is 60.8 Å². The molecule has 1 amide bonds. The third-order valence-corrected chi connectivity index (χ3v) is 8.21. The highest BCUT2D eigenvalue weighted by Crippen LogP contribution is 2.38. The molecule has 0 rings (SSSR count). The van der Waals surface area contributed by atoms with Crippen LogP contribution in [0.4, 0.5) is 0 Å². The number of carbonyl (C=O) groups is 1. The quantitative estimate of drug-likeness (QED) is 0.0347. The van der Waals surface area contributed by atoms with Gasteiger partial charge in [0.05, 0.1) is 39.9 Å². The Morgan fingerprint density at radius 1 is 0.783 bits per heavy atom. The second kappa shape index (κ2) is 29.3. The van der Waals surface area contributed by atoms with Crippen LogP contribution in [0.5, 0.6) is 0 Å². The minimum atomic E-state index is -4.59. The summed E-state index contributed by atoms with van der Waals surface area (Å²) in [6, 6.07) is -0.923. The van der Waals surface area contributed by atoms with Crippen molar-refractivity contribution in [3.05, 3.63) is 60.8 Å². The zero-order valence-electron chi connectivity index (χ0n) is 29.7. The maximum Gasteiger partial charge on any atom is 0.268 e. The first kappa shape index (κ1) is 44.2. The van der Waals surface area contributed by atoms with Crippen molar-refractivity contribution in [3.63, 3.8) is 0 Å². The zero-order chi connectivity index (χ0) is 34.4. The highest BCUT2D eigenvalue weighted by Gasteiger charge is 2.23. The fourth-order valence-electron chi connectivity index (χ4n) is 4.39. The summed E-state index contributed by atoms with van der Waals surface area (Å²) in [5.74, 6) is -0.283. The Bertz CT molecular complexity index is 939. The number of quaternary nitrogens is 1. The van der Waals surface area contributed by atoms with E-state index in [1.54, 1.807) is 6.08 Å². The van der Waals surface area contributed by atoms with Gasteiger partial charge in [-0.05, 0) is 44.9 Å². The molecule has 8 nitrogen and oxygen atoms in total. The van der Waals surface area contributed by atoms with Gasteiger partial charge in [0.2, 0.25) is 5.91 Å². The first-order valence-electron chi connectivity index (χ1n) is 17.7. The molecule has 0 heterocycles. The zero-order valence-corrected chi connectivity index (χ0v) is 30.6. The number of likely N-dealkylation sites (N-methyl/N-ethyl adjacent to an activating group) is 1. The van der Waals surface area contributed by atoms with Crippen LogP contribution in [0.25, 0.3) is 0 Å². The molecule has 0 radical (unpaired) electrons. The summed E-state index contributed by atoms with van der Waals surface area (Å²) in [6.45, 7) is 4.41. The van der Waals surface area contributed by atoms with Crippen molar-refractivity contribution in [1.29, 1.82) is 0 Å². The molecule has 0 aromatic heterocycles. The van der Waals surface area contributed by atoms with Crippen LogP contribution in [-0.4, -0.2) is 68.5 Å². The van der Waals surface area contributed by atoms with Crippen molar-refractivity contribution < 1.29 is 32.9 Å². The molecule has 0 saturated carbocycles. The summed E-state index contributed by atoms with van der Waals surface area (Å²) >= 11 is 0. The van der Waals surface area contributed by atoms with Crippen molar-refractivity contribution >= 4 is 13.7 Å². The van der Waals surface area contributed by atoms with E-state index in [1.165, 1.54) is 44.9 Å². The molecule has 3 atom stereocenters. The average molecular weight is 667 g/mol. The van der Waals surface area contributed by atoms with Crippen LogP contribution in [0.2, 0.25) is 0 Å². The van der Waals surface area contributed by atoms with Gasteiger partial charge >= 0.3 is 0 Å². The number of allylic oxidation sites excluding steroid dienone is 9. The Morgan fingerprint density at radius 3 is 1.89 bits per heavy atom. The number of unbranched alkanes of at least 4 members (excludes halogenated alkanes) is 9. The van der Waals surface area contributed by atoms with Gasteiger partial charge in [-0.2, -0.15) is 0 Å². The van der Waals surface area contributed by atoms with E-state index in [9.17, 15) is 19.4 Å². The van der Waals surface area contributed by atoms with Gasteiger partial charge in [-0.1, -0.05) is 126 Å². The van der Waals surface area contributed by atoms with E-state index in [-0.39, 0.29) is 18.9 Å². The second-order valence-corrected chi connectivity index (χ2v) is 14.3. The lowest BCUT2D eigenvalue weighted by Crippen LogP contribution is -2.45. The highest BCUT2D eigenvalue weighted by atomic mass is 31.2. The number of nitrogens with one attached hydrogen (secondary N) is 1. The molecule has 0 spiro atoms. The number of aliphatic hydroxyl groups excluding tert-OH is 1. The number of hydrogen-bond donors (Lipinski definition) is 2. The van der Waals surface area contributed by atoms with Crippen LogP contribution in [0.1, 0.15) is 117 Å². The Morgan fingerprint density at radius 2 is 1.33 bits per heavy atom. The summed E-state index contributed by atoms with van der Waals surface area (Å²) in [5, 5.41) is 13.6. The van der Waals surface area contributed by atoms with E-state index in [1.807, 2.05) is 39.4 Å². The molecule has 266 valence electrons. The van der Waals surface area contributed by atoms with Gasteiger partial charge in [-0.3, -0.25) is 9.36 Å². The SMILES string of the molecule is CC/C=C\C/C=C\C/C=C\C/C=C\CCC(=O)NC(COP(=O)([O-])OCC[N+](C)(C)C)C(O)/C=C/CCCCCCCCCCC. The molecular weight excluding hydrogens is 599 g/mol. The number of phosphoric ester groups is 1. The normalized spacial score (nSPS) is 15.5. The number of rotatable bonds is 30. The topological polar surface area (TPSA) is 108 Å². The van der Waals surface area contributed by atoms with Crippen LogP contribution in [-0.2, 0) is 18.4 Å². The van der Waals surface area contributed by atoms with E-state index in [2.05, 4.69) is 55.6 Å². The first-order chi connectivity index (χ1) is 22.0. The number of amides is 1. The van der Waals surface area contributed by atoms with Gasteiger partial charge in [0.1, 0.15) is 13.2 Å². The minimum absolute atomic E-state index is 0.0165. The van der Waals surface area contributed by atoms with E-state index in [4.69, 9.17) is 9.05 Å². The predicted molar refractivity (Wildman–Crippen MR) is 191 cm³/mol. The Labute approximate surface area is 281 Å². The average Bonchev–Trinajstić information content (AvgIpc) is 2.99. The molecule has 2 N–H and O–H groups in total. The van der Waals surface area contributed by atoms with Gasteiger partial charge in [0, 0.05) is 6.42 Å². The molecule has 0 saturated heterocycles. The molecule has 9 heteroatoms. The maximum atomic E-state index is 12.7. The predicted octanol–water partition coefficient (Wildman–Crippen LogP) is 8.10. The Hall–Kier alpha value is -1.80. The van der Waals surface area contributed by atoms with Crippen molar-refractivity contribution in [2.75, 3.05) is 40.9 Å². The molecule has 0 aliphatic rings. The third kappa shape index (κ3) is 30.8.